The highest BCUT2D eigenvalue weighted by Crippen LogP contribution is 2.34. The molecule has 0 bridgehead atoms. The van der Waals surface area contributed by atoms with Crippen LogP contribution in [-0.2, 0) is 20.8 Å². The van der Waals surface area contributed by atoms with Gasteiger partial charge in [-0.3, -0.25) is 9.78 Å². The fourth-order valence-electron chi connectivity index (χ4n) is 3.88. The van der Waals surface area contributed by atoms with Gasteiger partial charge in [0.25, 0.3) is 0 Å². The van der Waals surface area contributed by atoms with Crippen LogP contribution in [0.3, 0.4) is 0 Å². The Kier molecular flexibility index (Phi) is 5.76. The number of ether oxygens (including phenoxy) is 3. The van der Waals surface area contributed by atoms with Crippen molar-refractivity contribution in [2.75, 3.05) is 26.9 Å². The number of aromatic nitrogens is 1. The van der Waals surface area contributed by atoms with Gasteiger partial charge >= 0.3 is 5.97 Å². The van der Waals surface area contributed by atoms with Gasteiger partial charge in [-0.05, 0) is 36.6 Å². The van der Waals surface area contributed by atoms with Crippen molar-refractivity contribution in [2.45, 2.75) is 25.4 Å². The van der Waals surface area contributed by atoms with Crippen LogP contribution < -0.4 is 4.74 Å². The van der Waals surface area contributed by atoms with Crippen LogP contribution in [0.1, 0.15) is 40.4 Å². The summed E-state index contributed by atoms with van der Waals surface area (Å²) in [6.45, 7) is 1.92. The smallest absolute Gasteiger partial charge is 0.337 e. The van der Waals surface area contributed by atoms with Crippen LogP contribution in [0.15, 0.2) is 42.7 Å². The summed E-state index contributed by atoms with van der Waals surface area (Å²) < 4.78 is 16.3. The summed E-state index contributed by atoms with van der Waals surface area (Å²) in [6.07, 6.45) is 4.94. The molecule has 1 atom stereocenters. The first kappa shape index (κ1) is 19.4. The summed E-state index contributed by atoms with van der Waals surface area (Å²) in [4.78, 5) is 31.4. The Bertz CT molecular complexity index is 880. The molecule has 0 aliphatic carbocycles. The van der Waals surface area contributed by atoms with Gasteiger partial charge in [-0.1, -0.05) is 12.1 Å². The number of nitrogens with zero attached hydrogens (tertiary/aromatic N) is 2. The van der Waals surface area contributed by atoms with E-state index in [0.717, 1.165) is 24.0 Å². The maximum Gasteiger partial charge on any atom is 0.337 e. The molecule has 7 heteroatoms. The lowest BCUT2D eigenvalue weighted by Gasteiger charge is -2.33. The van der Waals surface area contributed by atoms with Crippen molar-refractivity contribution in [1.29, 1.82) is 0 Å². The number of methoxy groups -OCH3 is 1. The van der Waals surface area contributed by atoms with Crippen LogP contribution in [0.4, 0.5) is 0 Å². The van der Waals surface area contributed by atoms with Crippen molar-refractivity contribution in [2.24, 2.45) is 5.92 Å². The van der Waals surface area contributed by atoms with Crippen molar-refractivity contribution in [3.8, 4) is 5.75 Å². The molecule has 29 heavy (non-hydrogen) atoms. The predicted molar refractivity (Wildman–Crippen MR) is 104 cm³/mol. The Balaban J connectivity index is 1.68. The molecule has 1 saturated heterocycles. The lowest BCUT2D eigenvalue weighted by atomic mass is 9.96. The van der Waals surface area contributed by atoms with E-state index in [1.54, 1.807) is 24.5 Å². The van der Waals surface area contributed by atoms with Crippen LogP contribution in [0, 0.1) is 5.92 Å². The summed E-state index contributed by atoms with van der Waals surface area (Å²) in [5.74, 6) is 0.234. The molecule has 7 nitrogen and oxygen atoms in total. The van der Waals surface area contributed by atoms with Crippen molar-refractivity contribution in [1.82, 2.24) is 9.88 Å². The van der Waals surface area contributed by atoms with Gasteiger partial charge in [-0.25, -0.2) is 4.79 Å². The summed E-state index contributed by atoms with van der Waals surface area (Å²) in [5.41, 5.74) is 2.21. The Morgan fingerprint density at radius 3 is 2.76 bits per heavy atom. The summed E-state index contributed by atoms with van der Waals surface area (Å²) in [7, 11) is 1.35. The van der Waals surface area contributed by atoms with E-state index in [1.807, 2.05) is 23.1 Å². The van der Waals surface area contributed by atoms with Crippen molar-refractivity contribution in [3.63, 3.8) is 0 Å². The van der Waals surface area contributed by atoms with Crippen LogP contribution in [0.2, 0.25) is 0 Å². The molecule has 3 heterocycles. The van der Waals surface area contributed by atoms with E-state index in [-0.39, 0.29) is 24.5 Å². The molecule has 2 aromatic rings. The van der Waals surface area contributed by atoms with Crippen LogP contribution in [0.5, 0.6) is 5.75 Å². The van der Waals surface area contributed by atoms with Crippen molar-refractivity contribution in [3.05, 3.63) is 59.4 Å². The third kappa shape index (κ3) is 4.10. The molecule has 2 aliphatic rings. The van der Waals surface area contributed by atoms with Gasteiger partial charge in [0.05, 0.1) is 25.3 Å². The van der Waals surface area contributed by atoms with E-state index in [4.69, 9.17) is 14.2 Å². The Labute approximate surface area is 169 Å². The Morgan fingerprint density at radius 2 is 2.03 bits per heavy atom. The molecule has 0 spiro atoms. The monoisotopic (exact) mass is 396 g/mol. The second kappa shape index (κ2) is 8.61. The Hall–Kier alpha value is -2.93. The molecule has 1 aromatic heterocycles. The number of fused-ring (bicyclic) bond motifs is 1. The molecule has 0 unspecified atom stereocenters. The predicted octanol–water partition coefficient (Wildman–Crippen LogP) is 2.76. The van der Waals surface area contributed by atoms with E-state index in [0.29, 0.717) is 31.1 Å². The van der Waals surface area contributed by atoms with Crippen molar-refractivity contribution < 1.29 is 23.8 Å². The molecule has 0 saturated carbocycles. The first-order valence-electron chi connectivity index (χ1n) is 9.79. The van der Waals surface area contributed by atoms with Crippen LogP contribution in [-0.4, -0.2) is 48.7 Å². The van der Waals surface area contributed by atoms with E-state index < -0.39 is 5.97 Å². The molecular weight excluding hydrogens is 372 g/mol. The average molecular weight is 396 g/mol. The second-order valence-electron chi connectivity index (χ2n) is 7.28. The van der Waals surface area contributed by atoms with Gasteiger partial charge in [0, 0.05) is 37.1 Å². The lowest BCUT2D eigenvalue weighted by Crippen LogP contribution is -2.41. The summed E-state index contributed by atoms with van der Waals surface area (Å²) >= 11 is 0. The molecule has 1 amide bonds. The van der Waals surface area contributed by atoms with Crippen molar-refractivity contribution >= 4 is 11.9 Å². The quantitative estimate of drug-likeness (QED) is 0.743. The lowest BCUT2D eigenvalue weighted by molar-refractivity contribution is -0.142. The molecule has 152 valence electrons. The largest absolute Gasteiger partial charge is 0.491 e. The van der Waals surface area contributed by atoms with Crippen LogP contribution >= 0.6 is 0 Å². The third-order valence-corrected chi connectivity index (χ3v) is 5.52. The number of esters is 1. The number of hydrogen-bond donors (Lipinski definition) is 0. The van der Waals surface area contributed by atoms with Gasteiger partial charge in [0.2, 0.25) is 5.91 Å². The van der Waals surface area contributed by atoms with Gasteiger partial charge in [0.15, 0.2) is 0 Å². The zero-order valence-electron chi connectivity index (χ0n) is 16.4. The number of pyridine rings is 1. The summed E-state index contributed by atoms with van der Waals surface area (Å²) in [6, 6.07) is 8.78. The number of hydrogen-bond acceptors (Lipinski definition) is 6. The molecule has 4 rings (SSSR count). The van der Waals surface area contributed by atoms with E-state index >= 15 is 0 Å². The maximum atomic E-state index is 13.4. The number of benzene rings is 1. The average Bonchev–Trinajstić information content (AvgIpc) is 2.98. The number of carbonyl (C=O) groups is 2. The van der Waals surface area contributed by atoms with E-state index in [2.05, 4.69) is 4.98 Å². The van der Waals surface area contributed by atoms with Gasteiger partial charge < -0.3 is 19.1 Å². The van der Waals surface area contributed by atoms with Gasteiger partial charge in [-0.2, -0.15) is 0 Å². The van der Waals surface area contributed by atoms with Crippen LogP contribution in [0.25, 0.3) is 0 Å². The third-order valence-electron chi connectivity index (χ3n) is 5.52. The standard InChI is InChI=1S/C22H24N2O5/c1-27-22(26)16-4-5-18-13-24(21(25)15-6-9-28-10-7-15)19(14-29-20(18)11-16)17-3-2-8-23-12-17/h2-5,8,11-12,15,19H,6-7,9-10,13-14H2,1H3/t19-/m0/s1. The van der Waals surface area contributed by atoms with E-state index in [1.165, 1.54) is 7.11 Å². The molecule has 2 aliphatic heterocycles. The minimum atomic E-state index is -0.417. The SMILES string of the molecule is COC(=O)c1ccc2c(c1)OC[C@@H](c1cccnc1)N(C(=O)C1CCOCC1)C2. The second-order valence-corrected chi connectivity index (χ2v) is 7.28. The van der Waals surface area contributed by atoms with Gasteiger partial charge in [0.1, 0.15) is 12.4 Å². The highest BCUT2D eigenvalue weighted by atomic mass is 16.5. The molecule has 0 N–H and O–H groups in total. The highest BCUT2D eigenvalue weighted by Gasteiger charge is 2.34. The zero-order valence-corrected chi connectivity index (χ0v) is 16.4. The minimum Gasteiger partial charge on any atom is -0.491 e. The first-order chi connectivity index (χ1) is 14.2. The first-order valence-corrected chi connectivity index (χ1v) is 9.79. The number of carbonyl (C=O) groups excluding carboxylic acids is 2. The topological polar surface area (TPSA) is 78.0 Å². The molecule has 0 radical (unpaired) electrons. The fourth-order valence-corrected chi connectivity index (χ4v) is 3.88. The zero-order chi connectivity index (χ0) is 20.2. The summed E-state index contributed by atoms with van der Waals surface area (Å²) in [5, 5.41) is 0. The maximum absolute atomic E-state index is 13.4. The number of amides is 1. The van der Waals surface area contributed by atoms with Gasteiger partial charge in [-0.15, -0.1) is 0 Å². The number of rotatable bonds is 3. The fraction of sp³-hybridized carbons (Fsp3) is 0.409. The molecule has 1 fully saturated rings. The Morgan fingerprint density at radius 1 is 1.21 bits per heavy atom. The van der Waals surface area contributed by atoms with E-state index in [9.17, 15) is 9.59 Å². The normalized spacial score (nSPS) is 19.6. The molecular formula is C22H24N2O5. The molecule has 1 aromatic carbocycles. The highest BCUT2D eigenvalue weighted by molar-refractivity contribution is 5.90. The minimum absolute atomic E-state index is 0.0567.